The van der Waals surface area contributed by atoms with Crippen LogP contribution >= 0.6 is 0 Å². The second-order valence-corrected chi connectivity index (χ2v) is 9.14. The van der Waals surface area contributed by atoms with Gasteiger partial charge in [0.15, 0.2) is 9.84 Å². The van der Waals surface area contributed by atoms with Gasteiger partial charge in [0.05, 0.1) is 0 Å². The lowest BCUT2D eigenvalue weighted by molar-refractivity contribution is -0.115. The van der Waals surface area contributed by atoms with Gasteiger partial charge in [0.2, 0.25) is 11.8 Å². The molecular weight excluding hydrogens is 376 g/mol. The third-order valence-corrected chi connectivity index (χ3v) is 6.52. The molecular formula is C21H26N2O4S. The highest BCUT2D eigenvalue weighted by atomic mass is 32.2. The van der Waals surface area contributed by atoms with Gasteiger partial charge in [0.1, 0.15) is 11.0 Å². The number of para-hydroxylation sites is 1. The van der Waals surface area contributed by atoms with E-state index in [0.29, 0.717) is 17.8 Å². The van der Waals surface area contributed by atoms with Crippen molar-refractivity contribution in [1.29, 1.82) is 0 Å². The van der Waals surface area contributed by atoms with E-state index in [2.05, 4.69) is 10.6 Å². The fourth-order valence-corrected chi connectivity index (χ4v) is 3.80. The van der Waals surface area contributed by atoms with Gasteiger partial charge >= 0.3 is 0 Å². The van der Waals surface area contributed by atoms with Gasteiger partial charge in [-0.3, -0.25) is 9.59 Å². The van der Waals surface area contributed by atoms with E-state index in [1.165, 1.54) is 6.92 Å². The number of carbonyl (C=O) groups excluding carboxylic acids is 2. The summed E-state index contributed by atoms with van der Waals surface area (Å²) >= 11 is 0. The van der Waals surface area contributed by atoms with Gasteiger partial charge < -0.3 is 10.6 Å². The molecule has 28 heavy (non-hydrogen) atoms. The Kier molecular flexibility index (Phi) is 6.96. The molecule has 7 heteroatoms. The zero-order valence-electron chi connectivity index (χ0n) is 16.6. The molecule has 0 fully saturated rings. The number of nitrogens with one attached hydrogen (secondary N) is 2. The van der Waals surface area contributed by atoms with Crippen LogP contribution in [0.5, 0.6) is 0 Å². The standard InChI is InChI=1S/C21H26N2O4S/c1-5-17-8-6-7-15(3)20(17)23-21(25)16(4)28(26,27)13-19(24)22-18-11-9-14(2)10-12-18/h6-12,16H,5,13H2,1-4H3,(H,22,24)(H,23,25). The number of amides is 2. The van der Waals surface area contributed by atoms with Crippen LogP contribution in [0.2, 0.25) is 0 Å². The Morgan fingerprint density at radius 2 is 1.64 bits per heavy atom. The van der Waals surface area contributed by atoms with Gasteiger partial charge in [-0.2, -0.15) is 0 Å². The topological polar surface area (TPSA) is 92.3 Å². The molecule has 6 nitrogen and oxygen atoms in total. The molecule has 0 aliphatic rings. The summed E-state index contributed by atoms with van der Waals surface area (Å²) in [6, 6.07) is 12.6. The van der Waals surface area contributed by atoms with Crippen LogP contribution in [0.3, 0.4) is 0 Å². The van der Waals surface area contributed by atoms with Crippen LogP contribution in [0.25, 0.3) is 0 Å². The zero-order chi connectivity index (χ0) is 20.9. The lowest BCUT2D eigenvalue weighted by Crippen LogP contribution is -2.37. The predicted octanol–water partition coefficient (Wildman–Crippen LogP) is 3.25. The van der Waals surface area contributed by atoms with Crippen molar-refractivity contribution in [1.82, 2.24) is 0 Å². The molecule has 0 spiro atoms. The summed E-state index contributed by atoms with van der Waals surface area (Å²) in [5.41, 5.74) is 3.94. The highest BCUT2D eigenvalue weighted by molar-refractivity contribution is 7.93. The molecule has 1 unspecified atom stereocenters. The molecule has 0 heterocycles. The quantitative estimate of drug-likeness (QED) is 0.744. The third kappa shape index (κ3) is 5.42. The van der Waals surface area contributed by atoms with Crippen LogP contribution in [0.1, 0.15) is 30.5 Å². The molecule has 0 aliphatic heterocycles. The Morgan fingerprint density at radius 3 is 2.25 bits per heavy atom. The molecule has 2 amide bonds. The number of benzene rings is 2. The minimum absolute atomic E-state index is 0.510. The minimum Gasteiger partial charge on any atom is -0.325 e. The lowest BCUT2D eigenvalue weighted by atomic mass is 10.1. The monoisotopic (exact) mass is 402 g/mol. The van der Waals surface area contributed by atoms with E-state index in [9.17, 15) is 18.0 Å². The summed E-state index contributed by atoms with van der Waals surface area (Å²) in [5.74, 6) is -2.08. The molecule has 0 saturated heterocycles. The number of aryl methyl sites for hydroxylation is 3. The van der Waals surface area contributed by atoms with Gasteiger partial charge in [-0.25, -0.2) is 8.42 Å². The third-order valence-electron chi connectivity index (χ3n) is 4.56. The predicted molar refractivity (Wildman–Crippen MR) is 112 cm³/mol. The Balaban J connectivity index is 2.07. The van der Waals surface area contributed by atoms with Crippen LogP contribution in [-0.4, -0.2) is 31.2 Å². The number of rotatable bonds is 7. The van der Waals surface area contributed by atoms with E-state index < -0.39 is 32.7 Å². The number of sulfone groups is 1. The molecule has 0 aromatic heterocycles. The van der Waals surface area contributed by atoms with Gasteiger partial charge in [0, 0.05) is 11.4 Å². The van der Waals surface area contributed by atoms with E-state index in [1.807, 2.05) is 51.1 Å². The van der Waals surface area contributed by atoms with Gasteiger partial charge in [-0.15, -0.1) is 0 Å². The van der Waals surface area contributed by atoms with Crippen LogP contribution in [0.4, 0.5) is 11.4 Å². The van der Waals surface area contributed by atoms with Crippen molar-refractivity contribution in [3.8, 4) is 0 Å². The minimum atomic E-state index is -3.96. The Bertz CT molecular complexity index is 966. The van der Waals surface area contributed by atoms with E-state index in [1.54, 1.807) is 12.1 Å². The zero-order valence-corrected chi connectivity index (χ0v) is 17.4. The van der Waals surface area contributed by atoms with E-state index >= 15 is 0 Å². The molecule has 150 valence electrons. The van der Waals surface area contributed by atoms with Crippen molar-refractivity contribution in [3.05, 3.63) is 59.2 Å². The van der Waals surface area contributed by atoms with Crippen LogP contribution < -0.4 is 10.6 Å². The maximum atomic E-state index is 12.5. The maximum Gasteiger partial charge on any atom is 0.242 e. The number of anilines is 2. The molecule has 0 radical (unpaired) electrons. The molecule has 2 aromatic rings. The van der Waals surface area contributed by atoms with Crippen molar-refractivity contribution in [3.63, 3.8) is 0 Å². The van der Waals surface area contributed by atoms with Crippen molar-refractivity contribution < 1.29 is 18.0 Å². The SMILES string of the molecule is CCc1cccc(C)c1NC(=O)C(C)S(=O)(=O)CC(=O)Nc1ccc(C)cc1. The Hall–Kier alpha value is -2.67. The number of hydrogen-bond donors (Lipinski definition) is 2. The first kappa shape index (κ1) is 21.6. The highest BCUT2D eigenvalue weighted by Gasteiger charge is 2.31. The molecule has 2 rings (SSSR count). The Morgan fingerprint density at radius 1 is 1.00 bits per heavy atom. The van der Waals surface area contributed by atoms with Crippen molar-refractivity contribution in [2.24, 2.45) is 0 Å². The molecule has 0 aliphatic carbocycles. The number of hydrogen-bond acceptors (Lipinski definition) is 4. The molecule has 0 saturated carbocycles. The smallest absolute Gasteiger partial charge is 0.242 e. The first-order valence-corrected chi connectivity index (χ1v) is 10.8. The van der Waals surface area contributed by atoms with E-state index in [4.69, 9.17) is 0 Å². The molecule has 2 N–H and O–H groups in total. The van der Waals surface area contributed by atoms with Crippen LogP contribution in [0.15, 0.2) is 42.5 Å². The first-order valence-electron chi connectivity index (χ1n) is 9.11. The second-order valence-electron chi connectivity index (χ2n) is 6.82. The van der Waals surface area contributed by atoms with Crippen molar-refractivity contribution in [2.45, 2.75) is 39.4 Å². The highest BCUT2D eigenvalue weighted by Crippen LogP contribution is 2.22. The summed E-state index contributed by atoms with van der Waals surface area (Å²) in [7, 11) is -3.96. The first-order chi connectivity index (χ1) is 13.1. The van der Waals surface area contributed by atoms with E-state index in [0.717, 1.165) is 16.7 Å². The Labute approximate surface area is 166 Å². The van der Waals surface area contributed by atoms with Gasteiger partial charge in [-0.1, -0.05) is 42.8 Å². The summed E-state index contributed by atoms with van der Waals surface area (Å²) in [5, 5.41) is 3.91. The maximum absolute atomic E-state index is 12.5. The fourth-order valence-electron chi connectivity index (χ4n) is 2.73. The molecule has 2 aromatic carbocycles. The second kappa shape index (κ2) is 9.01. The summed E-state index contributed by atoms with van der Waals surface area (Å²) in [6.07, 6.45) is 0.706. The summed E-state index contributed by atoms with van der Waals surface area (Å²) in [6.45, 7) is 7.02. The molecule has 1 atom stereocenters. The summed E-state index contributed by atoms with van der Waals surface area (Å²) in [4.78, 5) is 24.7. The largest absolute Gasteiger partial charge is 0.325 e. The lowest BCUT2D eigenvalue weighted by Gasteiger charge is -2.17. The van der Waals surface area contributed by atoms with Gasteiger partial charge in [-0.05, 0) is 50.5 Å². The van der Waals surface area contributed by atoms with Gasteiger partial charge in [0.25, 0.3) is 0 Å². The van der Waals surface area contributed by atoms with Crippen molar-refractivity contribution >= 4 is 33.0 Å². The molecule has 0 bridgehead atoms. The van der Waals surface area contributed by atoms with Crippen LogP contribution in [-0.2, 0) is 25.8 Å². The van der Waals surface area contributed by atoms with Crippen LogP contribution in [0, 0.1) is 13.8 Å². The average Bonchev–Trinajstić information content (AvgIpc) is 2.64. The number of carbonyl (C=O) groups is 2. The fraction of sp³-hybridized carbons (Fsp3) is 0.333. The van der Waals surface area contributed by atoms with Crippen molar-refractivity contribution in [2.75, 3.05) is 16.4 Å². The summed E-state index contributed by atoms with van der Waals surface area (Å²) < 4.78 is 25.1. The normalized spacial score (nSPS) is 12.3. The average molecular weight is 403 g/mol. The van der Waals surface area contributed by atoms with E-state index in [-0.39, 0.29) is 0 Å².